The number of hydrogen-bond donors (Lipinski definition) is 1. The van der Waals surface area contributed by atoms with Gasteiger partial charge in [0.1, 0.15) is 0 Å². The van der Waals surface area contributed by atoms with Crippen LogP contribution in [0.2, 0.25) is 0 Å². The second-order valence-corrected chi connectivity index (χ2v) is 4.96. The molecule has 2 aromatic carbocycles. The number of rotatable bonds is 2. The van der Waals surface area contributed by atoms with Crippen molar-refractivity contribution in [3.8, 4) is 0 Å². The van der Waals surface area contributed by atoms with Crippen LogP contribution >= 0.6 is 11.8 Å². The van der Waals surface area contributed by atoms with Crippen molar-refractivity contribution >= 4 is 23.1 Å². The average molecular weight is 242 g/mol. The van der Waals surface area contributed by atoms with Gasteiger partial charge in [-0.1, -0.05) is 30.0 Å². The van der Waals surface area contributed by atoms with Crippen molar-refractivity contribution < 1.29 is 4.74 Å². The SMILES string of the molecule is COCc1[c]c2c(cc1)Sc1ccccc1N2. The van der Waals surface area contributed by atoms with Crippen LogP contribution in [-0.4, -0.2) is 7.11 Å². The van der Waals surface area contributed by atoms with Crippen LogP contribution < -0.4 is 5.32 Å². The normalized spacial score (nSPS) is 12.5. The fourth-order valence-corrected chi connectivity index (χ4v) is 2.81. The van der Waals surface area contributed by atoms with Crippen molar-refractivity contribution in [2.75, 3.05) is 12.4 Å². The van der Waals surface area contributed by atoms with Gasteiger partial charge in [0, 0.05) is 23.0 Å². The van der Waals surface area contributed by atoms with Crippen LogP contribution in [-0.2, 0) is 11.3 Å². The van der Waals surface area contributed by atoms with Gasteiger partial charge in [-0.05, 0) is 23.8 Å². The van der Waals surface area contributed by atoms with Gasteiger partial charge in [0.05, 0.1) is 18.0 Å². The molecule has 2 nitrogen and oxygen atoms in total. The minimum Gasteiger partial charge on any atom is -0.380 e. The lowest BCUT2D eigenvalue weighted by Crippen LogP contribution is -2.01. The Labute approximate surface area is 105 Å². The summed E-state index contributed by atoms with van der Waals surface area (Å²) in [5.41, 5.74) is 3.26. The molecule has 0 unspecified atom stereocenters. The van der Waals surface area contributed by atoms with Crippen molar-refractivity contribution in [3.05, 3.63) is 48.0 Å². The van der Waals surface area contributed by atoms with Gasteiger partial charge < -0.3 is 10.1 Å². The number of anilines is 2. The Balaban J connectivity index is 1.97. The quantitative estimate of drug-likeness (QED) is 0.737. The molecule has 0 saturated heterocycles. The Bertz CT molecular complexity index is 554. The number of ether oxygens (including phenoxy) is 1. The lowest BCUT2D eigenvalue weighted by atomic mass is 10.2. The highest BCUT2D eigenvalue weighted by Gasteiger charge is 2.15. The minimum atomic E-state index is 0.598. The molecule has 0 bridgehead atoms. The lowest BCUT2D eigenvalue weighted by Gasteiger charge is -2.20. The molecule has 0 atom stereocenters. The first-order chi connectivity index (χ1) is 8.36. The third-order valence-corrected chi connectivity index (χ3v) is 3.77. The van der Waals surface area contributed by atoms with Gasteiger partial charge in [0.2, 0.25) is 0 Å². The fourth-order valence-electron chi connectivity index (χ4n) is 1.85. The molecule has 1 N–H and O–H groups in total. The zero-order chi connectivity index (χ0) is 11.7. The summed E-state index contributed by atoms with van der Waals surface area (Å²) in [5, 5.41) is 3.41. The summed E-state index contributed by atoms with van der Waals surface area (Å²) in [5.74, 6) is 0. The monoisotopic (exact) mass is 242 g/mol. The van der Waals surface area contributed by atoms with Crippen molar-refractivity contribution in [3.63, 3.8) is 0 Å². The standard InChI is InChI=1S/C14H12NOS/c1-16-9-10-6-7-14-12(8-10)15-11-4-2-3-5-13(11)17-14/h2-7,15H,9H2,1H3. The Morgan fingerprint density at radius 2 is 2.06 bits per heavy atom. The van der Waals surface area contributed by atoms with E-state index in [0.29, 0.717) is 6.61 Å². The van der Waals surface area contributed by atoms with Crippen LogP contribution in [0.4, 0.5) is 11.4 Å². The maximum absolute atomic E-state index is 5.12. The molecule has 0 fully saturated rings. The zero-order valence-corrected chi connectivity index (χ0v) is 10.3. The fraction of sp³-hybridized carbons (Fsp3) is 0.143. The summed E-state index contributed by atoms with van der Waals surface area (Å²) in [6.07, 6.45) is 0. The summed E-state index contributed by atoms with van der Waals surface area (Å²) in [6, 6.07) is 15.8. The highest BCUT2D eigenvalue weighted by atomic mass is 32.2. The van der Waals surface area contributed by atoms with E-state index in [9.17, 15) is 0 Å². The first-order valence-corrected chi connectivity index (χ1v) is 6.26. The van der Waals surface area contributed by atoms with Crippen LogP contribution in [0.25, 0.3) is 0 Å². The predicted octanol–water partition coefficient (Wildman–Crippen LogP) is 3.84. The van der Waals surface area contributed by atoms with Gasteiger partial charge in [-0.2, -0.15) is 0 Å². The molecule has 2 aromatic rings. The van der Waals surface area contributed by atoms with Crippen LogP contribution in [0, 0.1) is 6.07 Å². The summed E-state index contributed by atoms with van der Waals surface area (Å²) in [6.45, 7) is 0.598. The molecule has 0 saturated carbocycles. The van der Waals surface area contributed by atoms with Crippen LogP contribution in [0.1, 0.15) is 5.56 Å². The Morgan fingerprint density at radius 1 is 1.18 bits per heavy atom. The van der Waals surface area contributed by atoms with Crippen molar-refractivity contribution in [2.24, 2.45) is 0 Å². The zero-order valence-electron chi connectivity index (χ0n) is 9.49. The second kappa shape index (κ2) is 4.43. The van der Waals surface area contributed by atoms with E-state index in [0.717, 1.165) is 16.9 Å². The summed E-state index contributed by atoms with van der Waals surface area (Å²) >= 11 is 1.77. The molecule has 0 aliphatic carbocycles. The van der Waals surface area contributed by atoms with Gasteiger partial charge in [0.15, 0.2) is 0 Å². The molecular formula is C14H12NOS. The molecule has 0 aromatic heterocycles. The lowest BCUT2D eigenvalue weighted by molar-refractivity contribution is 0.184. The molecule has 17 heavy (non-hydrogen) atoms. The number of benzene rings is 2. The maximum atomic E-state index is 5.12. The molecular weight excluding hydrogens is 230 g/mol. The highest BCUT2D eigenvalue weighted by molar-refractivity contribution is 7.99. The van der Waals surface area contributed by atoms with Gasteiger partial charge in [-0.3, -0.25) is 0 Å². The first kappa shape index (κ1) is 10.7. The number of hydrogen-bond acceptors (Lipinski definition) is 3. The van der Waals surface area contributed by atoms with E-state index >= 15 is 0 Å². The molecule has 3 rings (SSSR count). The van der Waals surface area contributed by atoms with Gasteiger partial charge in [-0.15, -0.1) is 0 Å². The molecule has 3 heteroatoms. The maximum Gasteiger partial charge on any atom is 0.0719 e. The van der Waals surface area contributed by atoms with E-state index in [1.54, 1.807) is 18.9 Å². The number of methoxy groups -OCH3 is 1. The third-order valence-electron chi connectivity index (χ3n) is 2.63. The van der Waals surface area contributed by atoms with Gasteiger partial charge in [0.25, 0.3) is 0 Å². The predicted molar refractivity (Wildman–Crippen MR) is 69.8 cm³/mol. The third kappa shape index (κ3) is 2.04. The Kier molecular flexibility index (Phi) is 2.79. The smallest absolute Gasteiger partial charge is 0.0719 e. The van der Waals surface area contributed by atoms with Crippen molar-refractivity contribution in [1.82, 2.24) is 0 Å². The highest BCUT2D eigenvalue weighted by Crippen LogP contribution is 2.43. The molecule has 85 valence electrons. The van der Waals surface area contributed by atoms with E-state index in [-0.39, 0.29) is 0 Å². The molecule has 0 amide bonds. The summed E-state index contributed by atoms with van der Waals surface area (Å²) in [4.78, 5) is 2.47. The molecule has 1 heterocycles. The summed E-state index contributed by atoms with van der Waals surface area (Å²) in [7, 11) is 1.70. The topological polar surface area (TPSA) is 21.3 Å². The van der Waals surface area contributed by atoms with E-state index in [1.807, 2.05) is 6.07 Å². The van der Waals surface area contributed by atoms with Crippen molar-refractivity contribution in [1.29, 1.82) is 0 Å². The minimum absolute atomic E-state index is 0.598. The Hall–Kier alpha value is -1.45. The van der Waals surface area contributed by atoms with Crippen LogP contribution in [0.3, 0.4) is 0 Å². The molecule has 1 aliphatic heterocycles. The van der Waals surface area contributed by atoms with E-state index in [1.165, 1.54) is 9.79 Å². The van der Waals surface area contributed by atoms with Crippen LogP contribution in [0.15, 0.2) is 46.2 Å². The Morgan fingerprint density at radius 3 is 2.94 bits per heavy atom. The van der Waals surface area contributed by atoms with Crippen LogP contribution in [0.5, 0.6) is 0 Å². The largest absolute Gasteiger partial charge is 0.380 e. The average Bonchev–Trinajstić information content (AvgIpc) is 2.36. The number of fused-ring (bicyclic) bond motifs is 2. The van der Waals surface area contributed by atoms with Gasteiger partial charge >= 0.3 is 0 Å². The molecule has 1 radical (unpaired) electrons. The first-order valence-electron chi connectivity index (χ1n) is 5.45. The van der Waals surface area contributed by atoms with Crippen molar-refractivity contribution in [2.45, 2.75) is 16.4 Å². The van der Waals surface area contributed by atoms with E-state index in [2.05, 4.69) is 41.7 Å². The van der Waals surface area contributed by atoms with E-state index in [4.69, 9.17) is 4.74 Å². The number of nitrogens with one attached hydrogen (secondary N) is 1. The molecule has 0 spiro atoms. The number of para-hydroxylation sites is 1. The molecule has 1 aliphatic rings. The second-order valence-electron chi connectivity index (χ2n) is 3.88. The van der Waals surface area contributed by atoms with E-state index < -0.39 is 0 Å². The summed E-state index contributed by atoms with van der Waals surface area (Å²) < 4.78 is 5.12. The van der Waals surface area contributed by atoms with Gasteiger partial charge in [-0.25, -0.2) is 0 Å².